The highest BCUT2D eigenvalue weighted by Gasteiger charge is 2.29. The van der Waals surface area contributed by atoms with Crippen LogP contribution >= 0.6 is 0 Å². The SMILES string of the molecule is CCCCCCCCCCCCC(c1ccccc1)C(c1ccccc1)c1ccccc1C(=O)O. The van der Waals surface area contributed by atoms with Crippen molar-refractivity contribution in [3.05, 3.63) is 107 Å². The second kappa shape index (κ2) is 15.2. The second-order valence-electron chi connectivity index (χ2n) is 9.77. The topological polar surface area (TPSA) is 37.3 Å². The number of carbonyl (C=O) groups is 1. The lowest BCUT2D eigenvalue weighted by atomic mass is 9.73. The minimum atomic E-state index is -0.854. The third kappa shape index (κ3) is 8.38. The summed E-state index contributed by atoms with van der Waals surface area (Å²) in [6, 6.07) is 28.7. The van der Waals surface area contributed by atoms with E-state index in [0.29, 0.717) is 5.56 Å². The molecule has 2 atom stereocenters. The molecule has 0 aliphatic carbocycles. The Kier molecular flexibility index (Phi) is 11.6. The molecule has 0 aliphatic heterocycles. The van der Waals surface area contributed by atoms with Crippen LogP contribution in [0.4, 0.5) is 0 Å². The van der Waals surface area contributed by atoms with Crippen LogP contribution in [0.2, 0.25) is 0 Å². The molecular weight excluding hydrogens is 428 g/mol. The van der Waals surface area contributed by atoms with Gasteiger partial charge >= 0.3 is 5.97 Å². The van der Waals surface area contributed by atoms with E-state index in [1.165, 1.54) is 68.9 Å². The summed E-state index contributed by atoms with van der Waals surface area (Å²) in [4.78, 5) is 12.2. The summed E-state index contributed by atoms with van der Waals surface area (Å²) in [6.07, 6.45) is 14.2. The second-order valence-corrected chi connectivity index (χ2v) is 9.77. The molecule has 186 valence electrons. The van der Waals surface area contributed by atoms with Crippen LogP contribution in [0.25, 0.3) is 0 Å². The smallest absolute Gasteiger partial charge is 0.335 e. The molecule has 3 aromatic rings. The maximum Gasteiger partial charge on any atom is 0.335 e. The summed E-state index contributed by atoms with van der Waals surface area (Å²) in [5.41, 5.74) is 3.79. The first kappa shape index (κ1) is 26.7. The van der Waals surface area contributed by atoms with Gasteiger partial charge in [0.25, 0.3) is 0 Å². The van der Waals surface area contributed by atoms with E-state index in [4.69, 9.17) is 0 Å². The van der Waals surface area contributed by atoms with E-state index < -0.39 is 5.97 Å². The normalized spacial score (nSPS) is 12.8. The van der Waals surface area contributed by atoms with Gasteiger partial charge in [0.1, 0.15) is 0 Å². The minimum Gasteiger partial charge on any atom is -0.478 e. The average molecular weight is 471 g/mol. The molecule has 0 saturated carbocycles. The molecule has 2 nitrogen and oxygen atoms in total. The predicted octanol–water partition coefficient (Wildman–Crippen LogP) is 9.61. The first-order chi connectivity index (χ1) is 17.2. The van der Waals surface area contributed by atoms with Gasteiger partial charge in [-0.2, -0.15) is 0 Å². The fourth-order valence-corrected chi connectivity index (χ4v) is 5.33. The van der Waals surface area contributed by atoms with Crippen LogP contribution in [0.1, 0.15) is 116 Å². The number of aromatic carboxylic acids is 1. The molecule has 35 heavy (non-hydrogen) atoms. The monoisotopic (exact) mass is 470 g/mol. The van der Waals surface area contributed by atoms with Crippen molar-refractivity contribution in [2.45, 2.75) is 89.4 Å². The van der Waals surface area contributed by atoms with Crippen LogP contribution in [-0.4, -0.2) is 11.1 Å². The van der Waals surface area contributed by atoms with Crippen LogP contribution < -0.4 is 0 Å². The van der Waals surface area contributed by atoms with Gasteiger partial charge in [-0.25, -0.2) is 4.79 Å². The van der Waals surface area contributed by atoms with Gasteiger partial charge in [0, 0.05) is 5.92 Å². The number of benzene rings is 3. The molecular formula is C33H42O2. The summed E-state index contributed by atoms with van der Waals surface area (Å²) in [6.45, 7) is 2.27. The Bertz CT molecular complexity index is 980. The van der Waals surface area contributed by atoms with E-state index in [0.717, 1.165) is 18.4 Å². The largest absolute Gasteiger partial charge is 0.478 e. The molecule has 0 amide bonds. The Balaban J connectivity index is 1.76. The standard InChI is InChI=1S/C33H42O2/c1-2-3-4-5-6-7-8-9-10-17-24-29(27-20-13-11-14-21-27)32(28-22-15-12-16-23-28)30-25-18-19-26-31(30)33(34)35/h11-16,18-23,25-26,29,32H,2-10,17,24H2,1H3,(H,34,35). The Hall–Kier alpha value is -2.87. The van der Waals surface area contributed by atoms with E-state index in [1.807, 2.05) is 24.3 Å². The maximum atomic E-state index is 12.2. The van der Waals surface area contributed by atoms with Gasteiger partial charge < -0.3 is 5.11 Å². The van der Waals surface area contributed by atoms with Gasteiger partial charge in [0.2, 0.25) is 0 Å². The Morgan fingerprint density at radius 1 is 0.629 bits per heavy atom. The van der Waals surface area contributed by atoms with Crippen molar-refractivity contribution in [1.82, 2.24) is 0 Å². The zero-order valence-electron chi connectivity index (χ0n) is 21.4. The fourth-order valence-electron chi connectivity index (χ4n) is 5.33. The molecule has 0 radical (unpaired) electrons. The third-order valence-corrected chi connectivity index (χ3v) is 7.18. The highest BCUT2D eigenvalue weighted by Crippen LogP contribution is 2.43. The van der Waals surface area contributed by atoms with E-state index in [9.17, 15) is 9.90 Å². The van der Waals surface area contributed by atoms with E-state index >= 15 is 0 Å². The molecule has 2 heteroatoms. The molecule has 1 N–H and O–H groups in total. The fraction of sp³-hybridized carbons (Fsp3) is 0.424. The van der Waals surface area contributed by atoms with Gasteiger partial charge in [-0.1, -0.05) is 150 Å². The molecule has 0 aromatic heterocycles. The molecule has 0 bridgehead atoms. The molecule has 0 fully saturated rings. The van der Waals surface area contributed by atoms with Crippen molar-refractivity contribution >= 4 is 5.97 Å². The molecule has 3 aromatic carbocycles. The molecule has 0 aliphatic rings. The Morgan fingerprint density at radius 2 is 1.11 bits per heavy atom. The van der Waals surface area contributed by atoms with Gasteiger partial charge in [0.05, 0.1) is 5.56 Å². The van der Waals surface area contributed by atoms with Gasteiger partial charge in [-0.3, -0.25) is 0 Å². The Morgan fingerprint density at radius 3 is 1.69 bits per heavy atom. The highest BCUT2D eigenvalue weighted by atomic mass is 16.4. The molecule has 3 rings (SSSR count). The summed E-state index contributed by atoms with van der Waals surface area (Å²) in [7, 11) is 0. The van der Waals surface area contributed by atoms with Crippen LogP contribution in [0.3, 0.4) is 0 Å². The van der Waals surface area contributed by atoms with Crippen molar-refractivity contribution in [2.75, 3.05) is 0 Å². The van der Waals surface area contributed by atoms with E-state index in [2.05, 4.69) is 61.5 Å². The lowest BCUT2D eigenvalue weighted by Gasteiger charge is -2.30. The number of unbranched alkanes of at least 4 members (excludes halogenated alkanes) is 9. The number of carboxylic acid groups (broad SMARTS) is 1. The lowest BCUT2D eigenvalue weighted by Crippen LogP contribution is -2.17. The Labute approximate surface area is 212 Å². The van der Waals surface area contributed by atoms with Crippen molar-refractivity contribution in [1.29, 1.82) is 0 Å². The lowest BCUT2D eigenvalue weighted by molar-refractivity contribution is 0.0695. The molecule has 0 heterocycles. The summed E-state index contributed by atoms with van der Waals surface area (Å²) >= 11 is 0. The summed E-state index contributed by atoms with van der Waals surface area (Å²) < 4.78 is 0. The highest BCUT2D eigenvalue weighted by molar-refractivity contribution is 5.89. The quantitative estimate of drug-likeness (QED) is 0.212. The molecule has 0 saturated heterocycles. The molecule has 0 spiro atoms. The van der Waals surface area contributed by atoms with Crippen molar-refractivity contribution in [3.8, 4) is 0 Å². The van der Waals surface area contributed by atoms with Crippen LogP contribution in [-0.2, 0) is 0 Å². The summed E-state index contributed by atoms with van der Waals surface area (Å²) in [5.74, 6) is -0.620. The first-order valence-corrected chi connectivity index (χ1v) is 13.6. The van der Waals surface area contributed by atoms with E-state index in [-0.39, 0.29) is 11.8 Å². The molecule has 2 unspecified atom stereocenters. The van der Waals surface area contributed by atoms with Gasteiger partial charge in [0.15, 0.2) is 0 Å². The minimum absolute atomic E-state index is 0.00413. The zero-order valence-corrected chi connectivity index (χ0v) is 21.4. The van der Waals surface area contributed by atoms with Crippen LogP contribution in [0.15, 0.2) is 84.9 Å². The van der Waals surface area contributed by atoms with Crippen LogP contribution in [0, 0.1) is 0 Å². The van der Waals surface area contributed by atoms with Gasteiger partial charge in [-0.15, -0.1) is 0 Å². The van der Waals surface area contributed by atoms with Crippen molar-refractivity contribution in [3.63, 3.8) is 0 Å². The van der Waals surface area contributed by atoms with Crippen molar-refractivity contribution < 1.29 is 9.90 Å². The first-order valence-electron chi connectivity index (χ1n) is 13.6. The predicted molar refractivity (Wildman–Crippen MR) is 147 cm³/mol. The third-order valence-electron chi connectivity index (χ3n) is 7.18. The van der Waals surface area contributed by atoms with E-state index in [1.54, 1.807) is 6.07 Å². The summed E-state index contributed by atoms with van der Waals surface area (Å²) in [5, 5.41) is 9.98. The zero-order chi connectivity index (χ0) is 24.7. The van der Waals surface area contributed by atoms with Gasteiger partial charge in [-0.05, 0) is 35.1 Å². The number of rotatable bonds is 16. The van der Waals surface area contributed by atoms with Crippen LogP contribution in [0.5, 0.6) is 0 Å². The maximum absolute atomic E-state index is 12.2. The average Bonchev–Trinajstić information content (AvgIpc) is 2.90. The van der Waals surface area contributed by atoms with Crippen molar-refractivity contribution in [2.24, 2.45) is 0 Å². The number of hydrogen-bond donors (Lipinski definition) is 1. The number of hydrogen-bond acceptors (Lipinski definition) is 1. The number of carboxylic acids is 1.